The molecule has 2 aromatic carbocycles. The van der Waals surface area contributed by atoms with E-state index in [1.165, 1.54) is 12.1 Å². The Morgan fingerprint density at radius 2 is 1.89 bits per heavy atom. The summed E-state index contributed by atoms with van der Waals surface area (Å²) in [5.74, 6) is -0.328. The minimum Gasteiger partial charge on any atom is -0.438 e. The number of halogens is 2. The van der Waals surface area contributed by atoms with Crippen molar-refractivity contribution >= 4 is 22.0 Å². The van der Waals surface area contributed by atoms with Crippen LogP contribution in [-0.4, -0.2) is 29.3 Å². The van der Waals surface area contributed by atoms with Gasteiger partial charge in [-0.2, -0.15) is 0 Å². The Bertz CT molecular complexity index is 796. The average molecular weight is 450 g/mol. The summed E-state index contributed by atoms with van der Waals surface area (Å²) >= 11 is 3.44. The van der Waals surface area contributed by atoms with Crippen molar-refractivity contribution in [2.24, 2.45) is 0 Å². The average Bonchev–Trinajstić information content (AvgIpc) is 2.70. The van der Waals surface area contributed by atoms with Crippen LogP contribution in [0.1, 0.15) is 49.8 Å². The summed E-state index contributed by atoms with van der Waals surface area (Å²) in [5, 5.41) is 9.30. The minimum absolute atomic E-state index is 0.0146. The molecule has 0 saturated carbocycles. The van der Waals surface area contributed by atoms with E-state index in [4.69, 9.17) is 4.74 Å². The molecule has 4 nitrogen and oxygen atoms in total. The highest BCUT2D eigenvalue weighted by Gasteiger charge is 2.43. The molecule has 1 fully saturated rings. The second-order valence-electron chi connectivity index (χ2n) is 7.12. The lowest BCUT2D eigenvalue weighted by atomic mass is 9.84. The minimum atomic E-state index is -0.831. The van der Waals surface area contributed by atoms with E-state index in [9.17, 15) is 14.3 Å². The van der Waals surface area contributed by atoms with Gasteiger partial charge in [-0.3, -0.25) is 0 Å². The van der Waals surface area contributed by atoms with Gasteiger partial charge in [0.2, 0.25) is 0 Å². The molecule has 1 aliphatic heterocycles. The van der Waals surface area contributed by atoms with E-state index in [0.717, 1.165) is 22.0 Å². The summed E-state index contributed by atoms with van der Waals surface area (Å²) in [6.07, 6.45) is 2.01. The smallest absolute Gasteiger partial charge is 0.411 e. The van der Waals surface area contributed by atoms with Crippen molar-refractivity contribution in [2.75, 3.05) is 13.2 Å². The van der Waals surface area contributed by atoms with Gasteiger partial charge in [0.05, 0.1) is 6.04 Å². The van der Waals surface area contributed by atoms with Gasteiger partial charge in [-0.15, -0.1) is 0 Å². The second kappa shape index (κ2) is 9.05. The first-order valence-electron chi connectivity index (χ1n) is 9.61. The topological polar surface area (TPSA) is 49.8 Å². The first-order chi connectivity index (χ1) is 13.5. The summed E-state index contributed by atoms with van der Waals surface area (Å²) in [6, 6.07) is 14.0. The number of cyclic esters (lactones) is 1. The first kappa shape index (κ1) is 20.8. The lowest BCUT2D eigenvalue weighted by molar-refractivity contribution is -0.0697. The molecular weight excluding hydrogens is 425 g/mol. The van der Waals surface area contributed by atoms with Gasteiger partial charge in [-0.1, -0.05) is 47.1 Å². The molecule has 6 heteroatoms. The lowest BCUT2D eigenvalue weighted by Gasteiger charge is -2.44. The highest BCUT2D eigenvalue weighted by molar-refractivity contribution is 9.10. The lowest BCUT2D eigenvalue weighted by Crippen LogP contribution is -2.49. The SMILES string of the molecule is CC[C@@H](c1ccc(Br)cc1)N1CCC(CCCO)(c2ccc(F)cc2)OC1=O. The molecule has 2 atom stereocenters. The zero-order chi connectivity index (χ0) is 20.1. The summed E-state index contributed by atoms with van der Waals surface area (Å²) in [6.45, 7) is 2.60. The number of benzene rings is 2. The van der Waals surface area contributed by atoms with E-state index in [1.54, 1.807) is 17.0 Å². The number of aliphatic hydroxyl groups excluding tert-OH is 1. The van der Waals surface area contributed by atoms with Crippen LogP contribution in [0.15, 0.2) is 53.0 Å². The molecule has 3 rings (SSSR count). The fraction of sp³-hybridized carbons (Fsp3) is 0.409. The van der Waals surface area contributed by atoms with Gasteiger partial charge in [0.15, 0.2) is 0 Å². The summed E-state index contributed by atoms with van der Waals surface area (Å²) in [5.41, 5.74) is 1.00. The molecule has 0 aliphatic carbocycles. The van der Waals surface area contributed by atoms with Gasteiger partial charge < -0.3 is 14.7 Å². The number of hydrogen-bond donors (Lipinski definition) is 1. The molecule has 2 aromatic rings. The fourth-order valence-corrected chi connectivity index (χ4v) is 4.18. The van der Waals surface area contributed by atoms with E-state index in [1.807, 2.05) is 31.2 Å². The van der Waals surface area contributed by atoms with Crippen LogP contribution in [0.2, 0.25) is 0 Å². The van der Waals surface area contributed by atoms with E-state index in [-0.39, 0.29) is 24.6 Å². The molecule has 150 valence electrons. The Balaban J connectivity index is 1.85. The third-order valence-corrected chi connectivity index (χ3v) is 5.93. The second-order valence-corrected chi connectivity index (χ2v) is 8.03. The van der Waals surface area contributed by atoms with E-state index >= 15 is 0 Å². The summed E-state index contributed by atoms with van der Waals surface area (Å²) < 4.78 is 20.4. The summed E-state index contributed by atoms with van der Waals surface area (Å²) in [7, 11) is 0. The predicted molar refractivity (Wildman–Crippen MR) is 109 cm³/mol. The van der Waals surface area contributed by atoms with Crippen molar-refractivity contribution in [3.05, 3.63) is 69.9 Å². The van der Waals surface area contributed by atoms with E-state index in [0.29, 0.717) is 25.8 Å². The van der Waals surface area contributed by atoms with Crippen molar-refractivity contribution in [2.45, 2.75) is 44.2 Å². The van der Waals surface area contributed by atoms with Gasteiger partial charge >= 0.3 is 6.09 Å². The Morgan fingerprint density at radius 3 is 2.46 bits per heavy atom. The molecule has 0 bridgehead atoms. The molecule has 1 saturated heterocycles. The Hall–Kier alpha value is -1.92. The Labute approximate surface area is 173 Å². The van der Waals surface area contributed by atoms with Gasteiger partial charge in [-0.25, -0.2) is 9.18 Å². The van der Waals surface area contributed by atoms with Gasteiger partial charge in [0.25, 0.3) is 0 Å². The zero-order valence-electron chi connectivity index (χ0n) is 15.9. The van der Waals surface area contributed by atoms with Crippen molar-refractivity contribution in [3.8, 4) is 0 Å². The fourth-order valence-electron chi connectivity index (χ4n) is 3.92. The largest absolute Gasteiger partial charge is 0.438 e. The molecular formula is C22H25BrFNO3. The van der Waals surface area contributed by atoms with Crippen molar-refractivity contribution in [1.82, 2.24) is 4.90 Å². The Kier molecular flexibility index (Phi) is 6.73. The molecule has 1 aliphatic rings. The van der Waals surface area contributed by atoms with E-state index < -0.39 is 5.60 Å². The number of hydrogen-bond acceptors (Lipinski definition) is 3. The Morgan fingerprint density at radius 1 is 1.21 bits per heavy atom. The number of nitrogens with zero attached hydrogens (tertiary/aromatic N) is 1. The van der Waals surface area contributed by atoms with Crippen LogP contribution in [-0.2, 0) is 10.3 Å². The maximum atomic E-state index is 13.4. The van der Waals surface area contributed by atoms with Crippen LogP contribution in [0, 0.1) is 5.82 Å². The normalized spacial score (nSPS) is 20.7. The van der Waals surface area contributed by atoms with E-state index in [2.05, 4.69) is 15.9 Å². The van der Waals surface area contributed by atoms with Gasteiger partial charge in [0.1, 0.15) is 11.4 Å². The molecule has 28 heavy (non-hydrogen) atoms. The zero-order valence-corrected chi connectivity index (χ0v) is 17.5. The van der Waals surface area contributed by atoms with Crippen LogP contribution in [0.3, 0.4) is 0 Å². The van der Waals surface area contributed by atoms with Crippen LogP contribution in [0.25, 0.3) is 0 Å². The van der Waals surface area contributed by atoms with Gasteiger partial charge in [0, 0.05) is 24.0 Å². The monoisotopic (exact) mass is 449 g/mol. The van der Waals surface area contributed by atoms with Crippen LogP contribution in [0.5, 0.6) is 0 Å². The number of aliphatic hydroxyl groups is 1. The van der Waals surface area contributed by atoms with Crippen molar-refractivity contribution in [1.29, 1.82) is 0 Å². The number of ether oxygens (including phenoxy) is 1. The van der Waals surface area contributed by atoms with Crippen molar-refractivity contribution in [3.63, 3.8) is 0 Å². The van der Waals surface area contributed by atoms with Crippen molar-refractivity contribution < 1.29 is 19.0 Å². The maximum Gasteiger partial charge on any atom is 0.411 e. The predicted octanol–water partition coefficient (Wildman–Crippen LogP) is 5.55. The van der Waals surface area contributed by atoms with Crippen LogP contribution in [0.4, 0.5) is 9.18 Å². The molecule has 1 heterocycles. The molecule has 1 N–H and O–H groups in total. The van der Waals surface area contributed by atoms with Crippen LogP contribution < -0.4 is 0 Å². The number of carbonyl (C=O) groups excluding carboxylic acids is 1. The number of carbonyl (C=O) groups is 1. The van der Waals surface area contributed by atoms with Crippen LogP contribution >= 0.6 is 15.9 Å². The highest BCUT2D eigenvalue weighted by atomic mass is 79.9. The molecule has 1 unspecified atom stereocenters. The number of amides is 1. The molecule has 0 aromatic heterocycles. The third kappa shape index (κ3) is 4.39. The first-order valence-corrected chi connectivity index (χ1v) is 10.4. The quantitative estimate of drug-likeness (QED) is 0.602. The number of rotatable bonds is 7. The summed E-state index contributed by atoms with van der Waals surface area (Å²) in [4.78, 5) is 14.8. The standard InChI is InChI=1S/C22H25BrFNO3/c1-2-20(16-4-8-18(23)9-5-16)25-14-13-22(12-3-15-26,28-21(25)27)17-6-10-19(24)11-7-17/h4-11,20,26H,2-3,12-15H2,1H3/t20-,22?/m0/s1. The molecule has 0 spiro atoms. The highest BCUT2D eigenvalue weighted by Crippen LogP contribution is 2.41. The maximum absolute atomic E-state index is 13.4. The van der Waals surface area contributed by atoms with Gasteiger partial charge in [-0.05, 0) is 54.7 Å². The molecule has 0 radical (unpaired) electrons. The molecule has 1 amide bonds. The third-order valence-electron chi connectivity index (χ3n) is 5.40.